The van der Waals surface area contributed by atoms with E-state index in [9.17, 15) is 13.2 Å². The molecule has 0 unspecified atom stereocenters. The molecule has 0 spiro atoms. The molecule has 0 saturated heterocycles. The third kappa shape index (κ3) is 4.54. The molecule has 0 aliphatic rings. The Morgan fingerprint density at radius 3 is 2.24 bits per heavy atom. The molecule has 3 heterocycles. The van der Waals surface area contributed by atoms with Crippen LogP contribution in [0.5, 0.6) is 0 Å². The van der Waals surface area contributed by atoms with Gasteiger partial charge in [0, 0.05) is 29.2 Å². The standard InChI is InChI=1S/C17H13N5.C2HF3O2/c1-12-7-16(14-8-18-11-19-9-14)22-17(21-12)15(10-20-22)13-5-3-2-4-6-13;3-2(4,5)1(6)7/h2-11H,1H3;(H,6,7). The van der Waals surface area contributed by atoms with Gasteiger partial charge < -0.3 is 5.11 Å². The minimum atomic E-state index is -5.08. The number of benzene rings is 1. The van der Waals surface area contributed by atoms with Crippen molar-refractivity contribution in [2.45, 2.75) is 13.1 Å². The number of aliphatic carboxylic acids is 1. The summed E-state index contributed by atoms with van der Waals surface area (Å²) < 4.78 is 33.6. The van der Waals surface area contributed by atoms with Gasteiger partial charge in [-0.3, -0.25) is 0 Å². The Labute approximate surface area is 162 Å². The van der Waals surface area contributed by atoms with Gasteiger partial charge in [0.05, 0.1) is 11.9 Å². The van der Waals surface area contributed by atoms with Gasteiger partial charge in [-0.05, 0) is 18.6 Å². The van der Waals surface area contributed by atoms with Gasteiger partial charge in [0.15, 0.2) is 5.65 Å². The number of aryl methyl sites for hydroxylation is 1. The van der Waals surface area contributed by atoms with Crippen LogP contribution in [-0.2, 0) is 4.79 Å². The highest BCUT2D eigenvalue weighted by Gasteiger charge is 2.38. The smallest absolute Gasteiger partial charge is 0.475 e. The molecule has 0 saturated carbocycles. The van der Waals surface area contributed by atoms with Gasteiger partial charge in [-0.1, -0.05) is 30.3 Å². The van der Waals surface area contributed by atoms with Crippen molar-refractivity contribution in [2.75, 3.05) is 0 Å². The first-order valence-corrected chi connectivity index (χ1v) is 8.23. The molecule has 0 fully saturated rings. The molecule has 0 radical (unpaired) electrons. The van der Waals surface area contributed by atoms with Gasteiger partial charge >= 0.3 is 12.1 Å². The third-order valence-corrected chi connectivity index (χ3v) is 3.78. The van der Waals surface area contributed by atoms with E-state index in [-0.39, 0.29) is 0 Å². The average molecular weight is 401 g/mol. The van der Waals surface area contributed by atoms with E-state index in [0.717, 1.165) is 33.7 Å². The minimum absolute atomic E-state index is 0.838. The quantitative estimate of drug-likeness (QED) is 0.549. The SMILES string of the molecule is Cc1cc(-c2cncnc2)n2ncc(-c3ccccc3)c2n1.O=C(O)C(F)(F)F. The largest absolute Gasteiger partial charge is 0.490 e. The van der Waals surface area contributed by atoms with E-state index in [0.29, 0.717) is 0 Å². The predicted molar refractivity (Wildman–Crippen MR) is 97.9 cm³/mol. The van der Waals surface area contributed by atoms with E-state index in [4.69, 9.17) is 9.90 Å². The number of fused-ring (bicyclic) bond motifs is 1. The van der Waals surface area contributed by atoms with Crippen molar-refractivity contribution in [3.05, 3.63) is 67.0 Å². The van der Waals surface area contributed by atoms with Gasteiger partial charge in [-0.2, -0.15) is 18.3 Å². The topological polar surface area (TPSA) is 93.3 Å². The monoisotopic (exact) mass is 401 g/mol. The van der Waals surface area contributed by atoms with Gasteiger partial charge in [-0.15, -0.1) is 0 Å². The van der Waals surface area contributed by atoms with Crippen molar-refractivity contribution in [1.82, 2.24) is 24.6 Å². The second-order valence-corrected chi connectivity index (χ2v) is 5.87. The second-order valence-electron chi connectivity index (χ2n) is 5.87. The fourth-order valence-electron chi connectivity index (χ4n) is 2.54. The number of hydrogen-bond acceptors (Lipinski definition) is 5. The number of alkyl halides is 3. The predicted octanol–water partition coefficient (Wildman–Crippen LogP) is 3.80. The maximum Gasteiger partial charge on any atom is 0.490 e. The van der Waals surface area contributed by atoms with Crippen LogP contribution in [0.15, 0.2) is 61.3 Å². The molecular formula is C19H14F3N5O2. The summed E-state index contributed by atoms with van der Waals surface area (Å²) in [6, 6.07) is 12.1. The fraction of sp³-hybridized carbons (Fsp3) is 0.105. The highest BCUT2D eigenvalue weighted by Crippen LogP contribution is 2.27. The van der Waals surface area contributed by atoms with Crippen LogP contribution in [0, 0.1) is 6.92 Å². The first-order chi connectivity index (χ1) is 13.8. The zero-order valence-electron chi connectivity index (χ0n) is 15.0. The van der Waals surface area contributed by atoms with Crippen LogP contribution in [-0.4, -0.2) is 41.8 Å². The average Bonchev–Trinajstić information content (AvgIpc) is 3.12. The molecule has 0 bridgehead atoms. The van der Waals surface area contributed by atoms with Gasteiger partial charge in [-0.25, -0.2) is 24.3 Å². The van der Waals surface area contributed by atoms with Crippen LogP contribution in [0.25, 0.3) is 28.0 Å². The molecule has 0 atom stereocenters. The van der Waals surface area contributed by atoms with Crippen molar-refractivity contribution >= 4 is 11.6 Å². The minimum Gasteiger partial charge on any atom is -0.475 e. The molecule has 1 aromatic carbocycles. The molecule has 4 aromatic rings. The van der Waals surface area contributed by atoms with Crippen LogP contribution in [0.4, 0.5) is 13.2 Å². The molecule has 4 rings (SSSR count). The summed E-state index contributed by atoms with van der Waals surface area (Å²) in [5.74, 6) is -2.76. The Balaban J connectivity index is 0.000000298. The molecule has 1 N–H and O–H groups in total. The number of hydrogen-bond donors (Lipinski definition) is 1. The van der Waals surface area contributed by atoms with Crippen molar-refractivity contribution in [2.24, 2.45) is 0 Å². The molecule has 10 heteroatoms. The van der Waals surface area contributed by atoms with Crippen LogP contribution in [0.2, 0.25) is 0 Å². The van der Waals surface area contributed by atoms with Crippen molar-refractivity contribution in [3.8, 4) is 22.4 Å². The lowest BCUT2D eigenvalue weighted by Crippen LogP contribution is -2.21. The Bertz CT molecular complexity index is 1130. The van der Waals surface area contributed by atoms with Gasteiger partial charge in [0.1, 0.15) is 6.33 Å². The highest BCUT2D eigenvalue weighted by atomic mass is 19.4. The zero-order valence-corrected chi connectivity index (χ0v) is 15.0. The number of carbonyl (C=O) groups is 1. The summed E-state index contributed by atoms with van der Waals surface area (Å²) in [7, 11) is 0. The van der Waals surface area contributed by atoms with Crippen LogP contribution >= 0.6 is 0 Å². The van der Waals surface area contributed by atoms with Crippen LogP contribution < -0.4 is 0 Å². The maximum atomic E-state index is 10.6. The molecule has 7 nitrogen and oxygen atoms in total. The van der Waals surface area contributed by atoms with E-state index in [1.54, 1.807) is 12.4 Å². The number of carboxylic acids is 1. The lowest BCUT2D eigenvalue weighted by Gasteiger charge is -2.06. The summed E-state index contributed by atoms with van der Waals surface area (Å²) in [5, 5.41) is 11.6. The maximum absolute atomic E-state index is 10.6. The van der Waals surface area contributed by atoms with E-state index < -0.39 is 12.1 Å². The van der Waals surface area contributed by atoms with E-state index in [1.807, 2.05) is 41.9 Å². The van der Waals surface area contributed by atoms with Crippen LogP contribution in [0.3, 0.4) is 0 Å². The number of nitrogens with zero attached hydrogens (tertiary/aromatic N) is 5. The van der Waals surface area contributed by atoms with Crippen molar-refractivity contribution in [1.29, 1.82) is 0 Å². The summed E-state index contributed by atoms with van der Waals surface area (Å²) in [5.41, 5.74) is 5.74. The van der Waals surface area contributed by atoms with Crippen molar-refractivity contribution < 1.29 is 23.1 Å². The Morgan fingerprint density at radius 2 is 1.66 bits per heavy atom. The number of carboxylic acid groups (broad SMARTS) is 1. The molecular weight excluding hydrogens is 387 g/mol. The Kier molecular flexibility index (Phi) is 5.53. The number of halogens is 3. The van der Waals surface area contributed by atoms with Crippen molar-refractivity contribution in [3.63, 3.8) is 0 Å². The summed E-state index contributed by atoms with van der Waals surface area (Å²) in [6.45, 7) is 1.98. The summed E-state index contributed by atoms with van der Waals surface area (Å²) in [4.78, 5) is 21.7. The van der Waals surface area contributed by atoms with Gasteiger partial charge in [0.2, 0.25) is 0 Å². The second kappa shape index (κ2) is 8.05. The number of rotatable bonds is 2. The molecule has 0 amide bonds. The normalized spacial score (nSPS) is 11.0. The van der Waals surface area contributed by atoms with E-state index >= 15 is 0 Å². The van der Waals surface area contributed by atoms with Gasteiger partial charge in [0.25, 0.3) is 0 Å². The molecule has 148 valence electrons. The first-order valence-electron chi connectivity index (χ1n) is 8.23. The van der Waals surface area contributed by atoms with E-state index in [2.05, 4.69) is 32.2 Å². The lowest BCUT2D eigenvalue weighted by molar-refractivity contribution is -0.192. The summed E-state index contributed by atoms with van der Waals surface area (Å²) >= 11 is 0. The fourth-order valence-corrected chi connectivity index (χ4v) is 2.54. The van der Waals surface area contributed by atoms with Crippen LogP contribution in [0.1, 0.15) is 5.69 Å². The Morgan fingerprint density at radius 1 is 1.03 bits per heavy atom. The summed E-state index contributed by atoms with van der Waals surface area (Å²) in [6.07, 6.45) is 1.85. The third-order valence-electron chi connectivity index (χ3n) is 3.78. The lowest BCUT2D eigenvalue weighted by atomic mass is 10.1. The molecule has 3 aromatic heterocycles. The number of aromatic nitrogens is 5. The zero-order chi connectivity index (χ0) is 21.0. The first kappa shape index (κ1) is 19.9. The van der Waals surface area contributed by atoms with E-state index in [1.165, 1.54) is 6.33 Å². The molecule has 0 aliphatic carbocycles. The molecule has 29 heavy (non-hydrogen) atoms. The molecule has 0 aliphatic heterocycles. The Hall–Kier alpha value is -3.82. The highest BCUT2D eigenvalue weighted by molar-refractivity contribution is 5.79.